The normalized spacial score (nSPS) is 25.9. The number of halogens is 1. The van der Waals surface area contributed by atoms with Crippen LogP contribution >= 0.6 is 12.4 Å². The van der Waals surface area contributed by atoms with Crippen molar-refractivity contribution in [1.82, 2.24) is 10.6 Å². The highest BCUT2D eigenvalue weighted by Gasteiger charge is 2.59. The number of carbonyl (C=O) groups is 1. The van der Waals surface area contributed by atoms with Crippen molar-refractivity contribution in [2.75, 3.05) is 20.1 Å². The molecule has 21 heavy (non-hydrogen) atoms. The van der Waals surface area contributed by atoms with E-state index in [-0.39, 0.29) is 29.6 Å². The highest BCUT2D eigenvalue weighted by atomic mass is 35.5. The van der Waals surface area contributed by atoms with Gasteiger partial charge in [-0.15, -0.1) is 12.4 Å². The summed E-state index contributed by atoms with van der Waals surface area (Å²) in [5.41, 5.74) is 3.08. The van der Waals surface area contributed by atoms with Crippen molar-refractivity contribution in [3.05, 3.63) is 35.4 Å². The molecule has 0 radical (unpaired) electrons. The Labute approximate surface area is 133 Å². The third-order valence-electron chi connectivity index (χ3n) is 4.92. The molecule has 0 heterocycles. The van der Waals surface area contributed by atoms with Crippen LogP contribution in [0.4, 0.5) is 0 Å². The van der Waals surface area contributed by atoms with Gasteiger partial charge in [-0.1, -0.05) is 24.3 Å². The topological polar surface area (TPSA) is 41.1 Å². The van der Waals surface area contributed by atoms with Crippen LogP contribution in [0.15, 0.2) is 24.3 Å². The van der Waals surface area contributed by atoms with Crippen LogP contribution in [0.5, 0.6) is 0 Å². The smallest absolute Gasteiger partial charge is 0.224 e. The summed E-state index contributed by atoms with van der Waals surface area (Å²) >= 11 is 0. The second-order valence-corrected chi connectivity index (χ2v) is 6.17. The second-order valence-electron chi connectivity index (χ2n) is 6.17. The van der Waals surface area contributed by atoms with Gasteiger partial charge in [-0.3, -0.25) is 4.79 Å². The van der Waals surface area contributed by atoms with E-state index in [0.29, 0.717) is 0 Å². The Balaban J connectivity index is 0.00000161. The van der Waals surface area contributed by atoms with Crippen LogP contribution in [0.1, 0.15) is 36.8 Å². The fourth-order valence-electron chi connectivity index (χ4n) is 3.78. The monoisotopic (exact) mass is 308 g/mol. The lowest BCUT2D eigenvalue weighted by Gasteiger charge is -2.26. The quantitative estimate of drug-likeness (QED) is 0.820. The first-order valence-corrected chi connectivity index (χ1v) is 7.78. The summed E-state index contributed by atoms with van der Waals surface area (Å²) in [6, 6.07) is 8.71. The summed E-state index contributed by atoms with van der Waals surface area (Å²) in [5.74, 6) is 0.469. The number of hydrogen-bond acceptors (Lipinski definition) is 2. The van der Waals surface area contributed by atoms with Crippen molar-refractivity contribution >= 4 is 18.3 Å². The fourth-order valence-corrected chi connectivity index (χ4v) is 3.78. The van der Waals surface area contributed by atoms with E-state index in [9.17, 15) is 4.79 Å². The first-order valence-electron chi connectivity index (χ1n) is 7.78. The van der Waals surface area contributed by atoms with Gasteiger partial charge in [0.1, 0.15) is 0 Å². The number of hydrogen-bond donors (Lipinski definition) is 2. The van der Waals surface area contributed by atoms with E-state index in [4.69, 9.17) is 0 Å². The van der Waals surface area contributed by atoms with E-state index in [1.54, 1.807) is 0 Å². The van der Waals surface area contributed by atoms with Gasteiger partial charge in [0, 0.05) is 17.9 Å². The Bertz CT molecular complexity index is 505. The van der Waals surface area contributed by atoms with Crippen molar-refractivity contribution in [3.63, 3.8) is 0 Å². The van der Waals surface area contributed by atoms with E-state index < -0.39 is 0 Å². The molecule has 2 atom stereocenters. The van der Waals surface area contributed by atoms with Crippen molar-refractivity contribution in [2.24, 2.45) is 5.92 Å². The van der Waals surface area contributed by atoms with Crippen LogP contribution in [0, 0.1) is 5.92 Å². The average Bonchev–Trinajstić information content (AvgIpc) is 3.19. The molecule has 0 saturated heterocycles. The summed E-state index contributed by atoms with van der Waals surface area (Å²) in [4.78, 5) is 12.3. The van der Waals surface area contributed by atoms with E-state index >= 15 is 0 Å². The molecule has 116 valence electrons. The Kier molecular flexibility index (Phi) is 5.28. The molecule has 3 rings (SSSR count). The number of aryl methyl sites for hydroxylation is 1. The minimum Gasteiger partial charge on any atom is -0.356 e. The molecule has 1 spiro atoms. The van der Waals surface area contributed by atoms with Crippen LogP contribution in [0.2, 0.25) is 0 Å². The Hall–Kier alpha value is -1.06. The SMILES string of the molecule is CNCCCNC(=O)C1CC12CCCc1ccccc12.Cl. The molecule has 2 aliphatic carbocycles. The minimum absolute atomic E-state index is 0. The summed E-state index contributed by atoms with van der Waals surface area (Å²) in [6.07, 6.45) is 5.62. The fraction of sp³-hybridized carbons (Fsp3) is 0.588. The van der Waals surface area contributed by atoms with E-state index in [1.165, 1.54) is 30.4 Å². The molecule has 4 heteroatoms. The molecule has 0 bridgehead atoms. The van der Waals surface area contributed by atoms with Gasteiger partial charge in [-0.2, -0.15) is 0 Å². The maximum Gasteiger partial charge on any atom is 0.224 e. The first kappa shape index (κ1) is 16.3. The maximum absolute atomic E-state index is 12.3. The summed E-state index contributed by atoms with van der Waals surface area (Å²) in [6.45, 7) is 1.74. The van der Waals surface area contributed by atoms with Crippen LogP contribution in [-0.2, 0) is 16.6 Å². The van der Waals surface area contributed by atoms with Gasteiger partial charge >= 0.3 is 0 Å². The summed E-state index contributed by atoms with van der Waals surface area (Å²) in [7, 11) is 1.94. The summed E-state index contributed by atoms with van der Waals surface area (Å²) < 4.78 is 0. The Morgan fingerprint density at radius 2 is 2.14 bits per heavy atom. The third-order valence-corrected chi connectivity index (χ3v) is 4.92. The average molecular weight is 309 g/mol. The molecule has 1 fully saturated rings. The van der Waals surface area contributed by atoms with E-state index in [0.717, 1.165) is 25.9 Å². The predicted molar refractivity (Wildman–Crippen MR) is 88.0 cm³/mol. The lowest BCUT2D eigenvalue weighted by molar-refractivity contribution is -0.122. The molecule has 2 aliphatic rings. The van der Waals surface area contributed by atoms with Gasteiger partial charge in [0.2, 0.25) is 5.91 Å². The van der Waals surface area contributed by atoms with Crippen LogP contribution in [0.3, 0.4) is 0 Å². The van der Waals surface area contributed by atoms with Gasteiger partial charge < -0.3 is 10.6 Å². The van der Waals surface area contributed by atoms with Gasteiger partial charge in [-0.25, -0.2) is 0 Å². The maximum atomic E-state index is 12.3. The second kappa shape index (κ2) is 6.80. The van der Waals surface area contributed by atoms with Crippen molar-refractivity contribution in [3.8, 4) is 0 Å². The first-order chi connectivity index (χ1) is 9.78. The molecule has 1 aromatic rings. The largest absolute Gasteiger partial charge is 0.356 e. The van der Waals surface area contributed by atoms with Crippen LogP contribution in [0.25, 0.3) is 0 Å². The van der Waals surface area contributed by atoms with Gasteiger partial charge in [0.05, 0.1) is 0 Å². The van der Waals surface area contributed by atoms with Crippen LogP contribution < -0.4 is 10.6 Å². The van der Waals surface area contributed by atoms with Gasteiger partial charge in [-0.05, 0) is 56.8 Å². The van der Waals surface area contributed by atoms with Crippen molar-refractivity contribution < 1.29 is 4.79 Å². The van der Waals surface area contributed by atoms with E-state index in [2.05, 4.69) is 34.9 Å². The molecule has 1 amide bonds. The molecular weight excluding hydrogens is 284 g/mol. The Morgan fingerprint density at radius 1 is 1.33 bits per heavy atom. The standard InChI is InChI=1S/C17H24N2O.ClH/c1-18-10-5-11-19-16(20)15-12-17(15)9-4-7-13-6-2-3-8-14(13)17;/h2-3,6,8,15,18H,4-5,7,9-12H2,1H3,(H,19,20);1H. The molecular formula is C17H25ClN2O. The summed E-state index contributed by atoms with van der Waals surface area (Å²) in [5, 5.41) is 6.21. The molecule has 2 unspecified atom stereocenters. The molecule has 0 aliphatic heterocycles. The van der Waals surface area contributed by atoms with Gasteiger partial charge in [0.15, 0.2) is 0 Å². The molecule has 0 aromatic heterocycles. The third kappa shape index (κ3) is 3.09. The zero-order chi connectivity index (χ0) is 14.0. The van der Waals surface area contributed by atoms with Crippen LogP contribution in [-0.4, -0.2) is 26.0 Å². The van der Waals surface area contributed by atoms with Crippen molar-refractivity contribution in [1.29, 1.82) is 0 Å². The lowest BCUT2D eigenvalue weighted by atomic mass is 9.78. The predicted octanol–water partition coefficient (Wildman–Crippen LogP) is 2.43. The molecule has 1 saturated carbocycles. The zero-order valence-corrected chi connectivity index (χ0v) is 13.5. The number of rotatable bonds is 5. The number of nitrogens with one attached hydrogen (secondary N) is 2. The molecule has 3 nitrogen and oxygen atoms in total. The number of amides is 1. The zero-order valence-electron chi connectivity index (χ0n) is 12.7. The van der Waals surface area contributed by atoms with Gasteiger partial charge in [0.25, 0.3) is 0 Å². The molecule has 2 N–H and O–H groups in total. The minimum atomic E-state index is 0. The lowest BCUT2D eigenvalue weighted by Crippen LogP contribution is -2.31. The van der Waals surface area contributed by atoms with E-state index in [1.807, 2.05) is 7.05 Å². The number of benzene rings is 1. The highest BCUT2D eigenvalue weighted by Crippen LogP contribution is 2.60. The Morgan fingerprint density at radius 3 is 2.95 bits per heavy atom. The highest BCUT2D eigenvalue weighted by molar-refractivity contribution is 5.85. The number of fused-ring (bicyclic) bond motifs is 2. The number of carbonyl (C=O) groups excluding carboxylic acids is 1. The molecule has 1 aromatic carbocycles. The van der Waals surface area contributed by atoms with Crippen molar-refractivity contribution in [2.45, 2.75) is 37.5 Å².